The van der Waals surface area contributed by atoms with Crippen molar-refractivity contribution < 1.29 is 18.3 Å². The molecule has 4 rings (SSSR count). The molecule has 0 bridgehead atoms. The molecular formula is C17H10BrF2N3O2S. The molecule has 1 atom stereocenters. The first kappa shape index (κ1) is 17.0. The Balaban J connectivity index is 1.80. The van der Waals surface area contributed by atoms with Gasteiger partial charge in [-0.2, -0.15) is 22.2 Å². The van der Waals surface area contributed by atoms with E-state index < -0.39 is 16.9 Å². The van der Waals surface area contributed by atoms with E-state index in [0.717, 1.165) is 6.07 Å². The van der Waals surface area contributed by atoms with Crippen LogP contribution in [0, 0.1) is 11.6 Å². The molecule has 4 aromatic rings. The van der Waals surface area contributed by atoms with Crippen LogP contribution in [-0.2, 0) is 0 Å². The maximum Gasteiger partial charge on any atom is 0.215 e. The number of furan rings is 1. The lowest BCUT2D eigenvalue weighted by Gasteiger charge is -2.12. The number of hydrogen-bond acceptors (Lipinski definition) is 5. The fourth-order valence-electron chi connectivity index (χ4n) is 2.58. The van der Waals surface area contributed by atoms with Crippen LogP contribution in [0.2, 0.25) is 0 Å². The Morgan fingerprint density at radius 1 is 1.19 bits per heavy atom. The standard InChI is InChI=1S/C17H10BrF2N3O2S/c18-13-5-4-12(25-13)10-6-14-21-11(7-15(24)23(14)22-10)17(26)8-2-1-3-9(19)16(8)20/h1-7,17,24,26H. The molecule has 0 fully saturated rings. The number of aromatic hydroxyl groups is 1. The van der Waals surface area contributed by atoms with Gasteiger partial charge in [-0.25, -0.2) is 13.8 Å². The molecule has 0 saturated carbocycles. The Morgan fingerprint density at radius 2 is 2.00 bits per heavy atom. The van der Waals surface area contributed by atoms with E-state index in [2.05, 4.69) is 38.6 Å². The monoisotopic (exact) mass is 437 g/mol. The third kappa shape index (κ3) is 2.86. The highest BCUT2D eigenvalue weighted by Crippen LogP contribution is 2.33. The first-order valence-electron chi connectivity index (χ1n) is 7.41. The summed E-state index contributed by atoms with van der Waals surface area (Å²) < 4.78 is 34.7. The zero-order valence-electron chi connectivity index (χ0n) is 12.9. The predicted molar refractivity (Wildman–Crippen MR) is 97.2 cm³/mol. The first-order valence-corrected chi connectivity index (χ1v) is 8.72. The van der Waals surface area contributed by atoms with Crippen molar-refractivity contribution in [1.29, 1.82) is 0 Å². The highest BCUT2D eigenvalue weighted by atomic mass is 79.9. The zero-order chi connectivity index (χ0) is 18.4. The van der Waals surface area contributed by atoms with Crippen molar-refractivity contribution >= 4 is 34.2 Å². The van der Waals surface area contributed by atoms with Crippen LogP contribution >= 0.6 is 28.6 Å². The molecule has 0 aliphatic heterocycles. The third-order valence-electron chi connectivity index (χ3n) is 3.81. The van der Waals surface area contributed by atoms with Gasteiger partial charge in [-0.15, -0.1) is 0 Å². The van der Waals surface area contributed by atoms with E-state index in [1.54, 1.807) is 18.2 Å². The normalized spacial score (nSPS) is 12.6. The van der Waals surface area contributed by atoms with E-state index in [1.807, 2.05) is 0 Å². The van der Waals surface area contributed by atoms with Gasteiger partial charge in [0.25, 0.3) is 0 Å². The molecule has 9 heteroatoms. The van der Waals surface area contributed by atoms with Gasteiger partial charge in [0.05, 0.1) is 10.9 Å². The van der Waals surface area contributed by atoms with Gasteiger partial charge in [-0.3, -0.25) is 0 Å². The van der Waals surface area contributed by atoms with Crippen molar-refractivity contribution in [3.8, 4) is 17.3 Å². The highest BCUT2D eigenvalue weighted by Gasteiger charge is 2.21. The van der Waals surface area contributed by atoms with Gasteiger partial charge < -0.3 is 9.52 Å². The molecule has 0 spiro atoms. The van der Waals surface area contributed by atoms with Gasteiger partial charge in [-0.1, -0.05) is 12.1 Å². The van der Waals surface area contributed by atoms with Gasteiger partial charge in [0.2, 0.25) is 5.88 Å². The Hall–Kier alpha value is -2.39. The van der Waals surface area contributed by atoms with Crippen molar-refractivity contribution in [3.63, 3.8) is 0 Å². The molecule has 0 saturated heterocycles. The second kappa shape index (κ2) is 6.40. The van der Waals surface area contributed by atoms with Crippen LogP contribution in [0.25, 0.3) is 17.1 Å². The molecule has 5 nitrogen and oxygen atoms in total. The minimum absolute atomic E-state index is 0.0271. The Morgan fingerprint density at radius 3 is 2.73 bits per heavy atom. The average molecular weight is 438 g/mol. The number of fused-ring (bicyclic) bond motifs is 1. The topological polar surface area (TPSA) is 63.6 Å². The average Bonchev–Trinajstić information content (AvgIpc) is 3.23. The Labute approximate surface area is 159 Å². The SMILES string of the molecule is Oc1cc(C(S)c2cccc(F)c2F)nc2cc(-c3ccc(Br)o3)nn12. The molecule has 26 heavy (non-hydrogen) atoms. The van der Waals surface area contributed by atoms with Crippen LogP contribution in [-0.4, -0.2) is 19.7 Å². The van der Waals surface area contributed by atoms with Crippen molar-refractivity contribution in [2.75, 3.05) is 0 Å². The van der Waals surface area contributed by atoms with Gasteiger partial charge in [0, 0.05) is 17.7 Å². The van der Waals surface area contributed by atoms with Gasteiger partial charge >= 0.3 is 0 Å². The molecule has 0 aliphatic rings. The van der Waals surface area contributed by atoms with Crippen LogP contribution in [0.1, 0.15) is 16.5 Å². The van der Waals surface area contributed by atoms with E-state index >= 15 is 0 Å². The maximum atomic E-state index is 14.0. The Bertz CT molecular complexity index is 1130. The summed E-state index contributed by atoms with van der Waals surface area (Å²) in [5, 5.41) is 13.6. The largest absolute Gasteiger partial charge is 0.493 e. The molecule has 0 radical (unpaired) electrons. The molecule has 0 aliphatic carbocycles. The van der Waals surface area contributed by atoms with Crippen LogP contribution < -0.4 is 0 Å². The molecule has 132 valence electrons. The summed E-state index contributed by atoms with van der Waals surface area (Å²) in [6.45, 7) is 0. The number of halogens is 3. The number of hydrogen-bond donors (Lipinski definition) is 2. The van der Waals surface area contributed by atoms with E-state index in [-0.39, 0.29) is 17.1 Å². The van der Waals surface area contributed by atoms with Crippen molar-refractivity contribution in [2.45, 2.75) is 5.25 Å². The van der Waals surface area contributed by atoms with Gasteiger partial charge in [-0.05, 0) is 34.1 Å². The van der Waals surface area contributed by atoms with Crippen molar-refractivity contribution in [3.05, 3.63) is 70.0 Å². The lowest BCUT2D eigenvalue weighted by atomic mass is 10.1. The molecular weight excluding hydrogens is 428 g/mol. The molecule has 1 unspecified atom stereocenters. The van der Waals surface area contributed by atoms with Crippen LogP contribution in [0.15, 0.2) is 51.6 Å². The minimum Gasteiger partial charge on any atom is -0.493 e. The maximum absolute atomic E-state index is 14.0. The number of nitrogens with zero attached hydrogens (tertiary/aromatic N) is 3. The molecule has 1 aromatic carbocycles. The quantitative estimate of drug-likeness (QED) is 0.453. The first-order chi connectivity index (χ1) is 12.4. The summed E-state index contributed by atoms with van der Waals surface area (Å²) in [6.07, 6.45) is 0. The van der Waals surface area contributed by atoms with Crippen LogP contribution in [0.4, 0.5) is 8.78 Å². The fraction of sp³-hybridized carbons (Fsp3) is 0.0588. The van der Waals surface area contributed by atoms with Crippen LogP contribution in [0.3, 0.4) is 0 Å². The van der Waals surface area contributed by atoms with Gasteiger partial charge in [0.1, 0.15) is 5.69 Å². The summed E-state index contributed by atoms with van der Waals surface area (Å²) >= 11 is 7.56. The second-order valence-electron chi connectivity index (χ2n) is 5.49. The number of rotatable bonds is 3. The van der Waals surface area contributed by atoms with Crippen LogP contribution in [0.5, 0.6) is 5.88 Å². The summed E-state index contributed by atoms with van der Waals surface area (Å²) in [5.74, 6) is -1.69. The minimum atomic E-state index is -0.997. The van der Waals surface area contributed by atoms with E-state index in [0.29, 0.717) is 21.8 Å². The third-order valence-corrected chi connectivity index (χ3v) is 4.78. The number of aromatic nitrogens is 3. The lowest BCUT2D eigenvalue weighted by molar-refractivity contribution is 0.434. The lowest BCUT2D eigenvalue weighted by Crippen LogP contribution is -2.03. The molecule has 1 N–H and O–H groups in total. The van der Waals surface area contributed by atoms with Crippen molar-refractivity contribution in [2.24, 2.45) is 0 Å². The fourth-order valence-corrected chi connectivity index (χ4v) is 3.22. The molecule has 3 heterocycles. The summed E-state index contributed by atoms with van der Waals surface area (Å²) in [5.41, 5.74) is 1.07. The number of thiol groups is 1. The highest BCUT2D eigenvalue weighted by molar-refractivity contribution is 9.10. The molecule has 0 amide bonds. The molecule has 3 aromatic heterocycles. The second-order valence-corrected chi connectivity index (χ2v) is 6.79. The van der Waals surface area contributed by atoms with E-state index in [9.17, 15) is 13.9 Å². The smallest absolute Gasteiger partial charge is 0.215 e. The van der Waals surface area contributed by atoms with Gasteiger partial charge in [0.15, 0.2) is 27.7 Å². The summed E-state index contributed by atoms with van der Waals surface area (Å²) in [4.78, 5) is 4.36. The summed E-state index contributed by atoms with van der Waals surface area (Å²) in [7, 11) is 0. The van der Waals surface area contributed by atoms with E-state index in [4.69, 9.17) is 4.42 Å². The predicted octanol–water partition coefficient (Wildman–Crippen LogP) is 4.75. The zero-order valence-corrected chi connectivity index (χ0v) is 15.4. The van der Waals surface area contributed by atoms with E-state index in [1.165, 1.54) is 22.7 Å². The Kier molecular flexibility index (Phi) is 4.20. The number of benzene rings is 1. The van der Waals surface area contributed by atoms with Crippen molar-refractivity contribution in [1.82, 2.24) is 14.6 Å². The summed E-state index contributed by atoms with van der Waals surface area (Å²) in [6, 6.07) is 10.2.